The molecule has 0 amide bonds. The van der Waals surface area contributed by atoms with Gasteiger partial charge in [-0.15, -0.1) is 0 Å². The quantitative estimate of drug-likeness (QED) is 0.467. The third-order valence-electron chi connectivity index (χ3n) is 1.06. The lowest BCUT2D eigenvalue weighted by Gasteiger charge is -2.09. The Bertz CT molecular complexity index is 120. The average Bonchev–Trinajstić information content (AvgIpc) is 1.86. The molecule has 1 atom stereocenters. The van der Waals surface area contributed by atoms with E-state index in [0.717, 1.165) is 0 Å². The fourth-order valence-corrected chi connectivity index (χ4v) is 0.520. The number of halogens is 1. The topological polar surface area (TPSA) is 18.5 Å². The molecule has 0 aromatic rings. The summed E-state index contributed by atoms with van der Waals surface area (Å²) in [6.07, 6.45) is 0. The summed E-state index contributed by atoms with van der Waals surface area (Å²) in [5, 5.41) is -0.792. The monoisotopic (exact) mass is 134 g/mol. The van der Waals surface area contributed by atoms with Crippen LogP contribution in [0.25, 0.3) is 0 Å². The Morgan fingerprint density at radius 1 is 1.88 bits per heavy atom. The molecule has 1 unspecified atom stereocenters. The Labute approximate surface area is 53.0 Å². The molecular formula is C5H7ClO2. The highest BCUT2D eigenvalue weighted by Gasteiger charge is 2.32. The van der Waals surface area contributed by atoms with Gasteiger partial charge in [0.05, 0.1) is 0 Å². The highest BCUT2D eigenvalue weighted by atomic mass is 35.5. The molecule has 0 aromatic heterocycles. The zero-order valence-corrected chi connectivity index (χ0v) is 5.36. The Morgan fingerprint density at radius 2 is 2.50 bits per heavy atom. The van der Waals surface area contributed by atoms with Crippen LogP contribution in [-0.4, -0.2) is 11.9 Å². The Balaban J connectivity index is 2.68. The Morgan fingerprint density at radius 3 is 2.62 bits per heavy atom. The summed E-state index contributed by atoms with van der Waals surface area (Å²) in [5.41, 5.74) is 0. The molecule has 0 N–H and O–H groups in total. The molecule has 0 aromatic carbocycles. The van der Waals surface area contributed by atoms with E-state index in [1.807, 2.05) is 0 Å². The van der Waals surface area contributed by atoms with E-state index in [9.17, 15) is 0 Å². The van der Waals surface area contributed by atoms with Crippen molar-refractivity contribution in [2.75, 3.05) is 6.79 Å². The van der Waals surface area contributed by atoms with Gasteiger partial charge >= 0.3 is 0 Å². The molecule has 0 radical (unpaired) electrons. The van der Waals surface area contributed by atoms with Crippen molar-refractivity contribution in [3.05, 3.63) is 12.3 Å². The molecule has 0 spiro atoms. The van der Waals surface area contributed by atoms with E-state index in [4.69, 9.17) is 21.1 Å². The second-order valence-electron chi connectivity index (χ2n) is 1.75. The molecule has 46 valence electrons. The van der Waals surface area contributed by atoms with Crippen LogP contribution in [0.5, 0.6) is 0 Å². The highest BCUT2D eigenvalue weighted by molar-refractivity contribution is 6.24. The predicted octanol–water partition coefficient (Wildman–Crippen LogP) is 1.46. The van der Waals surface area contributed by atoms with Crippen LogP contribution in [0.15, 0.2) is 12.3 Å². The van der Waals surface area contributed by atoms with Gasteiger partial charge in [-0.25, -0.2) is 0 Å². The molecule has 1 aliphatic rings. The molecule has 0 bridgehead atoms. The lowest BCUT2D eigenvalue weighted by molar-refractivity contribution is 0.0401. The van der Waals surface area contributed by atoms with Crippen molar-refractivity contribution < 1.29 is 9.47 Å². The van der Waals surface area contributed by atoms with E-state index in [2.05, 4.69) is 6.58 Å². The second-order valence-corrected chi connectivity index (χ2v) is 2.47. The Hall–Kier alpha value is -0.210. The van der Waals surface area contributed by atoms with Crippen LogP contribution >= 0.6 is 11.6 Å². The maximum Gasteiger partial charge on any atom is 0.199 e. The van der Waals surface area contributed by atoms with Crippen molar-refractivity contribution in [2.24, 2.45) is 0 Å². The first-order chi connectivity index (χ1) is 3.63. The minimum absolute atomic E-state index is 0.221. The van der Waals surface area contributed by atoms with Gasteiger partial charge in [-0.2, -0.15) is 0 Å². The van der Waals surface area contributed by atoms with Crippen LogP contribution in [0.3, 0.4) is 0 Å². The van der Waals surface area contributed by atoms with Crippen molar-refractivity contribution in [2.45, 2.75) is 12.0 Å². The van der Waals surface area contributed by atoms with Gasteiger partial charge in [0.25, 0.3) is 0 Å². The van der Waals surface area contributed by atoms with Crippen LogP contribution < -0.4 is 0 Å². The van der Waals surface area contributed by atoms with Gasteiger partial charge in [0.1, 0.15) is 5.76 Å². The molecule has 0 aliphatic carbocycles. The minimum Gasteiger partial charge on any atom is -0.468 e. The van der Waals surface area contributed by atoms with Crippen LogP contribution in [0, 0.1) is 0 Å². The summed E-state index contributed by atoms with van der Waals surface area (Å²) < 4.78 is 9.72. The second kappa shape index (κ2) is 1.64. The van der Waals surface area contributed by atoms with Crippen molar-refractivity contribution in [3.63, 3.8) is 0 Å². The van der Waals surface area contributed by atoms with Crippen molar-refractivity contribution in [1.82, 2.24) is 0 Å². The van der Waals surface area contributed by atoms with Gasteiger partial charge in [0.15, 0.2) is 11.9 Å². The molecule has 1 heterocycles. The van der Waals surface area contributed by atoms with E-state index in [0.29, 0.717) is 5.76 Å². The third-order valence-corrected chi connectivity index (χ3v) is 1.38. The number of hydrogen-bond donors (Lipinski definition) is 0. The van der Waals surface area contributed by atoms with E-state index in [1.165, 1.54) is 0 Å². The van der Waals surface area contributed by atoms with E-state index < -0.39 is 5.06 Å². The van der Waals surface area contributed by atoms with Gasteiger partial charge in [0, 0.05) is 0 Å². The molecule has 8 heavy (non-hydrogen) atoms. The summed E-state index contributed by atoms with van der Waals surface area (Å²) in [6.45, 7) is 5.45. The molecular weight excluding hydrogens is 128 g/mol. The molecule has 1 fully saturated rings. The molecule has 1 aliphatic heterocycles. The van der Waals surface area contributed by atoms with Gasteiger partial charge in [-0.3, -0.25) is 0 Å². The van der Waals surface area contributed by atoms with Crippen molar-refractivity contribution in [1.29, 1.82) is 0 Å². The summed E-state index contributed by atoms with van der Waals surface area (Å²) in [6, 6.07) is 0. The highest BCUT2D eigenvalue weighted by Crippen LogP contribution is 2.30. The summed E-state index contributed by atoms with van der Waals surface area (Å²) in [4.78, 5) is 0. The molecule has 0 saturated carbocycles. The fourth-order valence-electron chi connectivity index (χ4n) is 0.421. The van der Waals surface area contributed by atoms with Crippen LogP contribution in [-0.2, 0) is 9.47 Å². The molecule has 3 heteroatoms. The lowest BCUT2D eigenvalue weighted by atomic mass is 10.3. The first kappa shape index (κ1) is 5.92. The van der Waals surface area contributed by atoms with Gasteiger partial charge < -0.3 is 9.47 Å². The zero-order chi connectivity index (χ0) is 6.20. The number of hydrogen-bond acceptors (Lipinski definition) is 2. The number of rotatable bonds is 0. The van der Waals surface area contributed by atoms with Gasteiger partial charge in [0.2, 0.25) is 0 Å². The minimum atomic E-state index is -0.792. The summed E-state index contributed by atoms with van der Waals surface area (Å²) in [5.74, 6) is 0.485. The van der Waals surface area contributed by atoms with Crippen molar-refractivity contribution >= 4 is 11.6 Å². The molecule has 1 rings (SSSR count). The van der Waals surface area contributed by atoms with Crippen molar-refractivity contribution in [3.8, 4) is 0 Å². The Kier molecular flexibility index (Phi) is 1.21. The van der Waals surface area contributed by atoms with Crippen LogP contribution in [0.2, 0.25) is 0 Å². The normalized spacial score (nSPS) is 37.5. The molecule has 1 saturated heterocycles. The maximum atomic E-state index is 5.67. The number of alkyl halides is 1. The lowest BCUT2D eigenvalue weighted by Crippen LogP contribution is -2.14. The first-order valence-electron chi connectivity index (χ1n) is 2.28. The first-order valence-corrected chi connectivity index (χ1v) is 2.66. The summed E-state index contributed by atoms with van der Waals surface area (Å²) >= 11 is 5.67. The number of ether oxygens (including phenoxy) is 2. The van der Waals surface area contributed by atoms with Gasteiger partial charge in [-0.05, 0) is 6.92 Å². The molecule has 2 nitrogen and oxygen atoms in total. The van der Waals surface area contributed by atoms with E-state index in [-0.39, 0.29) is 6.79 Å². The summed E-state index contributed by atoms with van der Waals surface area (Å²) in [7, 11) is 0. The average molecular weight is 135 g/mol. The van der Waals surface area contributed by atoms with E-state index in [1.54, 1.807) is 6.92 Å². The smallest absolute Gasteiger partial charge is 0.199 e. The van der Waals surface area contributed by atoms with E-state index >= 15 is 0 Å². The maximum absolute atomic E-state index is 5.67. The fraction of sp³-hybridized carbons (Fsp3) is 0.600. The third kappa shape index (κ3) is 0.812. The standard InChI is InChI=1S/C5H7ClO2/c1-4-5(2,6)8-3-7-4/h1,3H2,2H3. The van der Waals surface area contributed by atoms with Crippen LogP contribution in [0.1, 0.15) is 6.92 Å². The van der Waals surface area contributed by atoms with Crippen LogP contribution in [0.4, 0.5) is 0 Å². The van der Waals surface area contributed by atoms with Gasteiger partial charge in [-0.1, -0.05) is 18.2 Å². The predicted molar refractivity (Wildman–Crippen MR) is 30.4 cm³/mol. The zero-order valence-electron chi connectivity index (χ0n) is 4.61. The SMILES string of the molecule is C=C1OCOC1(C)Cl. The largest absolute Gasteiger partial charge is 0.468 e.